The van der Waals surface area contributed by atoms with E-state index in [-0.39, 0.29) is 27.8 Å². The summed E-state index contributed by atoms with van der Waals surface area (Å²) in [5.74, 6) is -2.51. The van der Waals surface area contributed by atoms with E-state index in [1.54, 1.807) is 30.3 Å². The van der Waals surface area contributed by atoms with Crippen LogP contribution in [0.5, 0.6) is 11.5 Å². The van der Waals surface area contributed by atoms with Gasteiger partial charge >= 0.3 is 5.97 Å². The van der Waals surface area contributed by atoms with Crippen LogP contribution in [0.2, 0.25) is 10.0 Å². The number of aliphatic carboxylic acids is 1. The van der Waals surface area contributed by atoms with Crippen molar-refractivity contribution in [2.45, 2.75) is 25.3 Å². The van der Waals surface area contributed by atoms with Gasteiger partial charge in [0.2, 0.25) is 0 Å². The molecule has 0 heterocycles. The molecule has 9 heteroatoms. The van der Waals surface area contributed by atoms with Gasteiger partial charge in [-0.05, 0) is 31.0 Å². The lowest BCUT2D eigenvalue weighted by molar-refractivity contribution is -0.139. The number of carbonyl (C=O) groups excluding carboxylic acids is 1. The molecule has 0 bridgehead atoms. The minimum atomic E-state index is -1.21. The van der Waals surface area contributed by atoms with Crippen molar-refractivity contribution < 1.29 is 24.5 Å². The number of unbranched alkanes of at least 4 members (excludes halogenated alkanes) is 1. The average Bonchev–Trinajstić information content (AvgIpc) is 2.70. The summed E-state index contributed by atoms with van der Waals surface area (Å²) in [7, 11) is 0. The summed E-state index contributed by atoms with van der Waals surface area (Å²) >= 11 is 12.3. The molecule has 0 saturated carbocycles. The van der Waals surface area contributed by atoms with E-state index in [0.717, 1.165) is 12.0 Å². The lowest BCUT2D eigenvalue weighted by atomic mass is 10.1. The van der Waals surface area contributed by atoms with E-state index in [1.807, 2.05) is 0 Å². The molecular weight excluding hydrogens is 419 g/mol. The Labute approximate surface area is 178 Å². The molecule has 0 aromatic heterocycles. The van der Waals surface area contributed by atoms with E-state index in [0.29, 0.717) is 19.6 Å². The number of aromatic hydroxyl groups is 1. The Kier molecular flexibility index (Phi) is 8.57. The fourth-order valence-corrected chi connectivity index (χ4v) is 3.17. The standard InChI is InChI=1S/C20H22Cl2N2O5/c21-14-11-13(17(25)16(22)18(14)29-9-5-4-8-23)19(26)24-15(20(27)28)10-12-6-2-1-3-7-12/h1-3,6-7,11,15,25H,4-5,8-10,23H2,(H,24,26)(H,27,28)/t15-/m0/s1. The molecule has 156 valence electrons. The lowest BCUT2D eigenvalue weighted by Gasteiger charge is -2.17. The Morgan fingerprint density at radius 3 is 2.48 bits per heavy atom. The fourth-order valence-electron chi connectivity index (χ4n) is 2.60. The number of carboxylic acid groups (broad SMARTS) is 1. The summed E-state index contributed by atoms with van der Waals surface area (Å²) in [6.07, 6.45) is 1.50. The van der Waals surface area contributed by atoms with Gasteiger partial charge in [0.25, 0.3) is 5.91 Å². The van der Waals surface area contributed by atoms with Crippen LogP contribution in [0.25, 0.3) is 0 Å². The van der Waals surface area contributed by atoms with Gasteiger partial charge in [-0.25, -0.2) is 4.79 Å². The molecule has 0 saturated heterocycles. The van der Waals surface area contributed by atoms with Crippen LogP contribution >= 0.6 is 23.2 Å². The SMILES string of the molecule is NCCCCOc1c(Cl)cc(C(=O)N[C@@H](Cc2ccccc2)C(=O)O)c(O)c1Cl. The van der Waals surface area contributed by atoms with Crippen LogP contribution in [0.4, 0.5) is 0 Å². The number of benzene rings is 2. The highest BCUT2D eigenvalue weighted by Crippen LogP contribution is 2.42. The van der Waals surface area contributed by atoms with Crippen LogP contribution < -0.4 is 15.8 Å². The first-order chi connectivity index (χ1) is 13.8. The minimum absolute atomic E-state index is 0.0284. The van der Waals surface area contributed by atoms with Gasteiger partial charge in [0.05, 0.1) is 17.2 Å². The molecule has 2 aromatic rings. The van der Waals surface area contributed by atoms with E-state index in [4.69, 9.17) is 33.7 Å². The van der Waals surface area contributed by atoms with Crippen molar-refractivity contribution in [1.82, 2.24) is 5.32 Å². The van der Waals surface area contributed by atoms with Gasteiger partial charge in [0.15, 0.2) is 11.5 Å². The molecule has 2 rings (SSSR count). The molecule has 0 spiro atoms. The summed E-state index contributed by atoms with van der Waals surface area (Å²) in [6.45, 7) is 0.808. The number of ether oxygens (including phenoxy) is 1. The third-order valence-electron chi connectivity index (χ3n) is 4.13. The number of hydrogen-bond donors (Lipinski definition) is 4. The lowest BCUT2D eigenvalue weighted by Crippen LogP contribution is -2.42. The molecule has 0 radical (unpaired) electrons. The maximum atomic E-state index is 12.6. The zero-order chi connectivity index (χ0) is 21.4. The predicted octanol–water partition coefficient (Wildman–Crippen LogP) is 3.24. The fraction of sp³-hybridized carbons (Fsp3) is 0.300. The monoisotopic (exact) mass is 440 g/mol. The second kappa shape index (κ2) is 10.9. The molecule has 0 aliphatic carbocycles. The van der Waals surface area contributed by atoms with Gasteiger partial charge in [0.1, 0.15) is 11.1 Å². The minimum Gasteiger partial charge on any atom is -0.505 e. The van der Waals surface area contributed by atoms with Gasteiger partial charge in [0, 0.05) is 6.42 Å². The van der Waals surface area contributed by atoms with Crippen LogP contribution in [0.15, 0.2) is 36.4 Å². The van der Waals surface area contributed by atoms with Crippen LogP contribution in [0.3, 0.4) is 0 Å². The third-order valence-corrected chi connectivity index (χ3v) is 4.76. The number of carbonyl (C=O) groups is 2. The molecule has 1 amide bonds. The highest BCUT2D eigenvalue weighted by molar-refractivity contribution is 6.39. The highest BCUT2D eigenvalue weighted by atomic mass is 35.5. The van der Waals surface area contributed by atoms with Gasteiger partial charge in [-0.1, -0.05) is 53.5 Å². The van der Waals surface area contributed by atoms with Crippen LogP contribution in [0, 0.1) is 0 Å². The van der Waals surface area contributed by atoms with Gasteiger partial charge < -0.3 is 26.0 Å². The van der Waals surface area contributed by atoms with Crippen molar-refractivity contribution in [2.75, 3.05) is 13.2 Å². The summed E-state index contributed by atoms with van der Waals surface area (Å²) in [5, 5.41) is 22.0. The number of halogens is 2. The summed E-state index contributed by atoms with van der Waals surface area (Å²) in [6, 6.07) is 8.85. The van der Waals surface area contributed by atoms with E-state index < -0.39 is 23.7 Å². The largest absolute Gasteiger partial charge is 0.505 e. The Balaban J connectivity index is 2.17. The zero-order valence-corrected chi connectivity index (χ0v) is 17.0. The Morgan fingerprint density at radius 2 is 1.86 bits per heavy atom. The Hall–Kier alpha value is -2.48. The first-order valence-electron chi connectivity index (χ1n) is 8.96. The molecule has 0 fully saturated rings. The number of carboxylic acids is 1. The molecule has 5 N–H and O–H groups in total. The highest BCUT2D eigenvalue weighted by Gasteiger charge is 2.26. The van der Waals surface area contributed by atoms with Crippen LogP contribution in [-0.2, 0) is 11.2 Å². The molecule has 0 unspecified atom stereocenters. The van der Waals surface area contributed by atoms with E-state index in [2.05, 4.69) is 5.32 Å². The number of nitrogens with two attached hydrogens (primary N) is 1. The summed E-state index contributed by atoms with van der Waals surface area (Å²) < 4.78 is 5.48. The number of rotatable bonds is 10. The topological polar surface area (TPSA) is 122 Å². The summed E-state index contributed by atoms with van der Waals surface area (Å²) in [5.41, 5.74) is 5.92. The summed E-state index contributed by atoms with van der Waals surface area (Å²) in [4.78, 5) is 24.1. The Morgan fingerprint density at radius 1 is 1.17 bits per heavy atom. The number of phenols is 1. The van der Waals surface area contributed by atoms with E-state index in [1.165, 1.54) is 6.07 Å². The second-order valence-electron chi connectivity index (χ2n) is 6.30. The molecule has 2 aromatic carbocycles. The van der Waals surface area contributed by atoms with Crippen molar-refractivity contribution in [3.8, 4) is 11.5 Å². The molecular formula is C20H22Cl2N2O5. The normalized spacial score (nSPS) is 11.7. The first kappa shape index (κ1) is 22.8. The van der Waals surface area contributed by atoms with Crippen molar-refractivity contribution in [1.29, 1.82) is 0 Å². The van der Waals surface area contributed by atoms with Crippen LogP contribution in [0.1, 0.15) is 28.8 Å². The van der Waals surface area contributed by atoms with Gasteiger partial charge in [-0.2, -0.15) is 0 Å². The molecule has 0 aliphatic heterocycles. The molecule has 29 heavy (non-hydrogen) atoms. The number of nitrogens with one attached hydrogen (secondary N) is 1. The van der Waals surface area contributed by atoms with Crippen molar-refractivity contribution >= 4 is 35.1 Å². The quantitative estimate of drug-likeness (QED) is 0.420. The smallest absolute Gasteiger partial charge is 0.326 e. The van der Waals surface area contributed by atoms with E-state index >= 15 is 0 Å². The molecule has 7 nitrogen and oxygen atoms in total. The van der Waals surface area contributed by atoms with Crippen LogP contribution in [-0.4, -0.2) is 41.3 Å². The zero-order valence-electron chi connectivity index (χ0n) is 15.5. The maximum absolute atomic E-state index is 12.6. The maximum Gasteiger partial charge on any atom is 0.326 e. The van der Waals surface area contributed by atoms with Crippen molar-refractivity contribution in [3.05, 3.63) is 57.6 Å². The number of amides is 1. The van der Waals surface area contributed by atoms with Crippen molar-refractivity contribution in [2.24, 2.45) is 5.73 Å². The molecule has 1 atom stereocenters. The number of phenolic OH excluding ortho intramolecular Hbond substituents is 1. The number of hydrogen-bond acceptors (Lipinski definition) is 5. The van der Waals surface area contributed by atoms with Gasteiger partial charge in [-0.15, -0.1) is 0 Å². The predicted molar refractivity (Wildman–Crippen MR) is 111 cm³/mol. The van der Waals surface area contributed by atoms with Crippen molar-refractivity contribution in [3.63, 3.8) is 0 Å². The first-order valence-corrected chi connectivity index (χ1v) is 9.72. The van der Waals surface area contributed by atoms with Gasteiger partial charge in [-0.3, -0.25) is 4.79 Å². The van der Waals surface area contributed by atoms with E-state index in [9.17, 15) is 19.8 Å². The Bertz CT molecular complexity index is 862. The average molecular weight is 441 g/mol. The molecule has 0 aliphatic rings. The second-order valence-corrected chi connectivity index (χ2v) is 7.08. The third kappa shape index (κ3) is 6.25.